The summed E-state index contributed by atoms with van der Waals surface area (Å²) in [5.74, 6) is 0. The van der Waals surface area contributed by atoms with Crippen LogP contribution in [0.4, 0.5) is 0 Å². The molecule has 0 bridgehead atoms. The van der Waals surface area contributed by atoms with E-state index in [1.807, 2.05) is 7.05 Å². The summed E-state index contributed by atoms with van der Waals surface area (Å²) in [5, 5.41) is 12.5. The Morgan fingerprint density at radius 2 is 1.95 bits per heavy atom. The highest BCUT2D eigenvalue weighted by Gasteiger charge is 2.24. The van der Waals surface area contributed by atoms with Gasteiger partial charge in [-0.05, 0) is 45.2 Å². The minimum absolute atomic E-state index is 0.302. The topological polar surface area (TPSA) is 35.5 Å². The van der Waals surface area contributed by atoms with Crippen LogP contribution in [0.5, 0.6) is 0 Å². The molecule has 0 radical (unpaired) electrons. The highest BCUT2D eigenvalue weighted by molar-refractivity contribution is 5.24. The number of benzene rings is 1. The number of aliphatic hydroxyl groups excluding tert-OH is 1. The summed E-state index contributed by atoms with van der Waals surface area (Å²) < 4.78 is 0. The number of aryl methyl sites for hydroxylation is 1. The van der Waals surface area contributed by atoms with Crippen molar-refractivity contribution in [1.82, 2.24) is 10.2 Å². The van der Waals surface area contributed by atoms with Gasteiger partial charge < -0.3 is 15.3 Å². The van der Waals surface area contributed by atoms with Crippen molar-refractivity contribution in [2.45, 2.75) is 51.1 Å². The van der Waals surface area contributed by atoms with Crippen LogP contribution in [-0.4, -0.2) is 42.8 Å². The van der Waals surface area contributed by atoms with Gasteiger partial charge in [-0.2, -0.15) is 0 Å². The minimum Gasteiger partial charge on any atom is -0.396 e. The van der Waals surface area contributed by atoms with Gasteiger partial charge >= 0.3 is 0 Å². The number of nitrogens with zero attached hydrogens (tertiary/aromatic N) is 1. The molecule has 0 aliphatic heterocycles. The van der Waals surface area contributed by atoms with Crippen LogP contribution in [0.1, 0.15) is 49.3 Å². The molecular formula is C18H30N2O. The van der Waals surface area contributed by atoms with Gasteiger partial charge in [-0.25, -0.2) is 0 Å². The summed E-state index contributed by atoms with van der Waals surface area (Å²) >= 11 is 0. The van der Waals surface area contributed by atoms with Crippen LogP contribution in [0.2, 0.25) is 0 Å². The largest absolute Gasteiger partial charge is 0.396 e. The van der Waals surface area contributed by atoms with Crippen LogP contribution in [0.25, 0.3) is 0 Å². The average Bonchev–Trinajstić information content (AvgIpc) is 2.44. The van der Waals surface area contributed by atoms with E-state index in [0.717, 1.165) is 32.0 Å². The second kappa shape index (κ2) is 8.52. The Hall–Kier alpha value is -0.900. The zero-order chi connectivity index (χ0) is 15.1. The fourth-order valence-corrected chi connectivity index (χ4v) is 3.07. The number of hydrogen-bond acceptors (Lipinski definition) is 3. The van der Waals surface area contributed by atoms with Gasteiger partial charge in [0, 0.05) is 31.8 Å². The van der Waals surface area contributed by atoms with E-state index in [9.17, 15) is 0 Å². The summed E-state index contributed by atoms with van der Waals surface area (Å²) in [6.07, 6.45) is 6.06. The van der Waals surface area contributed by atoms with Crippen LogP contribution in [0, 0.1) is 6.92 Å². The third-order valence-corrected chi connectivity index (χ3v) is 4.73. The second-order valence-corrected chi connectivity index (χ2v) is 6.24. The predicted octanol–water partition coefficient (Wildman–Crippen LogP) is 2.88. The number of aliphatic hydroxyl groups is 1. The molecule has 1 saturated carbocycles. The lowest BCUT2D eigenvalue weighted by molar-refractivity contribution is 0.112. The van der Waals surface area contributed by atoms with Crippen molar-refractivity contribution in [1.29, 1.82) is 0 Å². The molecular weight excluding hydrogens is 260 g/mol. The lowest BCUT2D eigenvalue weighted by Gasteiger charge is -2.38. The molecule has 1 aromatic rings. The van der Waals surface area contributed by atoms with E-state index in [0.29, 0.717) is 12.6 Å². The second-order valence-electron chi connectivity index (χ2n) is 6.24. The first-order chi connectivity index (χ1) is 10.2. The van der Waals surface area contributed by atoms with Gasteiger partial charge in [0.25, 0.3) is 0 Å². The zero-order valence-electron chi connectivity index (χ0n) is 13.5. The van der Waals surface area contributed by atoms with Crippen molar-refractivity contribution < 1.29 is 5.11 Å². The number of rotatable bonds is 9. The fraction of sp³-hybridized carbons (Fsp3) is 0.667. The lowest BCUT2D eigenvalue weighted by Crippen LogP contribution is -2.42. The summed E-state index contributed by atoms with van der Waals surface area (Å²) in [6.45, 7) is 4.58. The van der Waals surface area contributed by atoms with Crippen LogP contribution in [0.3, 0.4) is 0 Å². The van der Waals surface area contributed by atoms with Crippen molar-refractivity contribution in [2.75, 3.05) is 26.7 Å². The molecule has 0 heterocycles. The van der Waals surface area contributed by atoms with E-state index >= 15 is 0 Å². The monoisotopic (exact) mass is 290 g/mol. The van der Waals surface area contributed by atoms with Crippen molar-refractivity contribution in [3.63, 3.8) is 0 Å². The molecule has 0 amide bonds. The first-order valence-electron chi connectivity index (χ1n) is 8.33. The maximum atomic E-state index is 9.08. The Balaban J connectivity index is 1.88. The molecule has 0 spiro atoms. The maximum absolute atomic E-state index is 9.08. The number of hydrogen-bond donors (Lipinski definition) is 2. The molecule has 0 aromatic heterocycles. The molecule has 1 aliphatic carbocycles. The van der Waals surface area contributed by atoms with Crippen LogP contribution in [-0.2, 0) is 0 Å². The van der Waals surface area contributed by atoms with Gasteiger partial charge in [0.15, 0.2) is 0 Å². The molecule has 3 nitrogen and oxygen atoms in total. The standard InChI is InChI=1S/C18H30N2O/c1-15-7-9-16(10-8-15)18(19-2)11-13-20(12-4-14-21)17-5-3-6-17/h7-10,17-19,21H,3-6,11-14H2,1-2H3. The summed E-state index contributed by atoms with van der Waals surface area (Å²) in [5.41, 5.74) is 2.69. The van der Waals surface area contributed by atoms with Crippen LogP contribution >= 0.6 is 0 Å². The van der Waals surface area contributed by atoms with Gasteiger partial charge in [0.2, 0.25) is 0 Å². The highest BCUT2D eigenvalue weighted by atomic mass is 16.3. The third-order valence-electron chi connectivity index (χ3n) is 4.73. The smallest absolute Gasteiger partial charge is 0.0443 e. The highest BCUT2D eigenvalue weighted by Crippen LogP contribution is 2.26. The normalized spacial score (nSPS) is 17.0. The van der Waals surface area contributed by atoms with E-state index in [-0.39, 0.29) is 0 Å². The number of nitrogens with one attached hydrogen (secondary N) is 1. The van der Waals surface area contributed by atoms with Crippen LogP contribution in [0.15, 0.2) is 24.3 Å². The van der Waals surface area contributed by atoms with Gasteiger partial charge in [0.1, 0.15) is 0 Å². The van der Waals surface area contributed by atoms with E-state index in [4.69, 9.17) is 5.11 Å². The Morgan fingerprint density at radius 3 is 2.48 bits per heavy atom. The first-order valence-corrected chi connectivity index (χ1v) is 8.33. The molecule has 1 fully saturated rings. The third kappa shape index (κ3) is 4.80. The molecule has 1 atom stereocenters. The van der Waals surface area contributed by atoms with Gasteiger partial charge in [0.05, 0.1) is 0 Å². The molecule has 1 aliphatic rings. The molecule has 118 valence electrons. The minimum atomic E-state index is 0.302. The molecule has 2 N–H and O–H groups in total. The molecule has 1 aromatic carbocycles. The average molecular weight is 290 g/mol. The Labute approximate surface area is 129 Å². The Bertz CT molecular complexity index is 400. The van der Waals surface area contributed by atoms with Crippen molar-refractivity contribution in [3.05, 3.63) is 35.4 Å². The van der Waals surface area contributed by atoms with Crippen molar-refractivity contribution in [3.8, 4) is 0 Å². The lowest BCUT2D eigenvalue weighted by atomic mass is 9.90. The van der Waals surface area contributed by atoms with E-state index < -0.39 is 0 Å². The van der Waals surface area contributed by atoms with E-state index in [2.05, 4.69) is 41.4 Å². The molecule has 21 heavy (non-hydrogen) atoms. The zero-order valence-corrected chi connectivity index (χ0v) is 13.5. The molecule has 2 rings (SSSR count). The van der Waals surface area contributed by atoms with Crippen molar-refractivity contribution >= 4 is 0 Å². The van der Waals surface area contributed by atoms with Gasteiger partial charge in [-0.1, -0.05) is 36.2 Å². The molecule has 0 saturated heterocycles. The SMILES string of the molecule is CNC(CCN(CCCO)C1CCC1)c1ccc(C)cc1. The molecule has 3 heteroatoms. The first kappa shape index (κ1) is 16.5. The summed E-state index contributed by atoms with van der Waals surface area (Å²) in [6, 6.07) is 10.0. The molecule has 1 unspecified atom stereocenters. The van der Waals surface area contributed by atoms with Gasteiger partial charge in [-0.3, -0.25) is 0 Å². The van der Waals surface area contributed by atoms with Gasteiger partial charge in [-0.15, -0.1) is 0 Å². The maximum Gasteiger partial charge on any atom is 0.0443 e. The summed E-state index contributed by atoms with van der Waals surface area (Å²) in [4.78, 5) is 2.58. The fourth-order valence-electron chi connectivity index (χ4n) is 3.07. The van der Waals surface area contributed by atoms with E-state index in [1.165, 1.54) is 30.4 Å². The summed E-state index contributed by atoms with van der Waals surface area (Å²) in [7, 11) is 2.05. The van der Waals surface area contributed by atoms with E-state index in [1.54, 1.807) is 0 Å². The Kier molecular flexibility index (Phi) is 6.68. The van der Waals surface area contributed by atoms with Crippen LogP contribution < -0.4 is 5.32 Å². The Morgan fingerprint density at radius 1 is 1.24 bits per heavy atom. The van der Waals surface area contributed by atoms with Crippen molar-refractivity contribution in [2.24, 2.45) is 0 Å². The predicted molar refractivity (Wildman–Crippen MR) is 88.5 cm³/mol. The quantitative estimate of drug-likeness (QED) is 0.734.